The normalized spacial score (nSPS) is 13.7. The van der Waals surface area contributed by atoms with E-state index in [1.165, 1.54) is 6.92 Å². The number of ether oxygens (including phenoxy) is 1. The summed E-state index contributed by atoms with van der Waals surface area (Å²) in [6.45, 7) is 5.07. The van der Waals surface area contributed by atoms with Crippen molar-refractivity contribution in [2.24, 2.45) is 4.99 Å². The van der Waals surface area contributed by atoms with E-state index in [9.17, 15) is 9.90 Å². The zero-order chi connectivity index (χ0) is 10.4. The highest BCUT2D eigenvalue weighted by Crippen LogP contribution is 2.06. The van der Waals surface area contributed by atoms with E-state index < -0.39 is 5.97 Å². The van der Waals surface area contributed by atoms with Crippen molar-refractivity contribution in [1.29, 1.82) is 0 Å². The Morgan fingerprint density at radius 1 is 1.46 bits per heavy atom. The van der Waals surface area contributed by atoms with E-state index in [2.05, 4.69) is 4.99 Å². The topological polar surface area (TPSA) is 58.9 Å². The van der Waals surface area contributed by atoms with Gasteiger partial charge in [-0.05, 0) is 20.8 Å². The summed E-state index contributed by atoms with van der Waals surface area (Å²) in [4.78, 5) is 15.1. The molecule has 0 rings (SSSR count). The molecule has 0 saturated carbocycles. The number of aliphatic hydroxyl groups is 1. The molecule has 4 heteroatoms. The Labute approximate surface area is 77.9 Å². The molecule has 0 aromatic heterocycles. The number of hydrogen-bond donors (Lipinski definition) is 1. The molecule has 0 aromatic rings. The number of aliphatic imine (C=N–C) groups is 1. The minimum Gasteiger partial charge on any atom is -0.512 e. The van der Waals surface area contributed by atoms with Crippen molar-refractivity contribution < 1.29 is 14.6 Å². The van der Waals surface area contributed by atoms with Gasteiger partial charge in [0.05, 0.1) is 6.61 Å². The SMILES string of the molecule is CCOC(=O)C(C(C)=NC)=C(C)O. The van der Waals surface area contributed by atoms with Crippen molar-refractivity contribution >= 4 is 11.7 Å². The van der Waals surface area contributed by atoms with Crippen molar-refractivity contribution in [3.8, 4) is 0 Å². The van der Waals surface area contributed by atoms with E-state index in [1.807, 2.05) is 0 Å². The van der Waals surface area contributed by atoms with Crippen LogP contribution in [-0.4, -0.2) is 30.4 Å². The Morgan fingerprint density at radius 3 is 2.31 bits per heavy atom. The molecule has 0 fully saturated rings. The van der Waals surface area contributed by atoms with Crippen LogP contribution in [0.5, 0.6) is 0 Å². The molecule has 0 amide bonds. The molecule has 0 aliphatic heterocycles. The van der Waals surface area contributed by atoms with Gasteiger partial charge in [-0.2, -0.15) is 0 Å². The summed E-state index contributed by atoms with van der Waals surface area (Å²) in [5, 5.41) is 9.21. The Hall–Kier alpha value is -1.32. The van der Waals surface area contributed by atoms with Crippen LogP contribution in [0.1, 0.15) is 20.8 Å². The van der Waals surface area contributed by atoms with Gasteiger partial charge in [-0.15, -0.1) is 0 Å². The highest BCUT2D eigenvalue weighted by molar-refractivity contribution is 6.19. The Balaban J connectivity index is 4.86. The first-order valence-corrected chi connectivity index (χ1v) is 4.05. The lowest BCUT2D eigenvalue weighted by Gasteiger charge is -2.06. The third-order valence-corrected chi connectivity index (χ3v) is 1.54. The number of aliphatic hydroxyl groups excluding tert-OH is 1. The van der Waals surface area contributed by atoms with E-state index in [0.29, 0.717) is 5.71 Å². The maximum absolute atomic E-state index is 11.3. The predicted molar refractivity (Wildman–Crippen MR) is 51.0 cm³/mol. The standard InChI is InChI=1S/C9H15NO3/c1-5-13-9(12)8(7(3)11)6(2)10-4/h11H,5H2,1-4H3. The van der Waals surface area contributed by atoms with Gasteiger partial charge in [0.15, 0.2) is 0 Å². The second-order valence-electron chi connectivity index (χ2n) is 2.49. The number of esters is 1. The van der Waals surface area contributed by atoms with Crippen molar-refractivity contribution in [3.05, 3.63) is 11.3 Å². The van der Waals surface area contributed by atoms with Gasteiger partial charge < -0.3 is 9.84 Å². The molecule has 0 heterocycles. The first-order valence-electron chi connectivity index (χ1n) is 4.05. The first kappa shape index (κ1) is 11.7. The van der Waals surface area contributed by atoms with Crippen LogP contribution in [0, 0.1) is 0 Å². The molecule has 0 spiro atoms. The van der Waals surface area contributed by atoms with E-state index in [-0.39, 0.29) is 17.9 Å². The minimum absolute atomic E-state index is 0.0680. The molecule has 0 saturated heterocycles. The van der Waals surface area contributed by atoms with Crippen molar-refractivity contribution in [3.63, 3.8) is 0 Å². The fourth-order valence-corrected chi connectivity index (χ4v) is 0.872. The van der Waals surface area contributed by atoms with Crippen LogP contribution in [0.15, 0.2) is 16.3 Å². The lowest BCUT2D eigenvalue weighted by molar-refractivity contribution is -0.138. The summed E-state index contributed by atoms with van der Waals surface area (Å²) < 4.78 is 4.75. The summed E-state index contributed by atoms with van der Waals surface area (Å²) in [5.41, 5.74) is 0.614. The second kappa shape index (κ2) is 5.35. The highest BCUT2D eigenvalue weighted by atomic mass is 16.5. The highest BCUT2D eigenvalue weighted by Gasteiger charge is 2.16. The summed E-state index contributed by atoms with van der Waals surface area (Å²) in [5.74, 6) is -0.604. The van der Waals surface area contributed by atoms with Crippen LogP contribution in [0.25, 0.3) is 0 Å². The van der Waals surface area contributed by atoms with Gasteiger partial charge in [-0.3, -0.25) is 4.99 Å². The molecule has 0 atom stereocenters. The molecular formula is C9H15NO3. The number of allylic oxidation sites excluding steroid dienone is 1. The summed E-state index contributed by atoms with van der Waals surface area (Å²) >= 11 is 0. The van der Waals surface area contributed by atoms with Crippen LogP contribution in [0.2, 0.25) is 0 Å². The third kappa shape index (κ3) is 3.27. The summed E-state index contributed by atoms with van der Waals surface area (Å²) in [6, 6.07) is 0. The van der Waals surface area contributed by atoms with E-state index in [4.69, 9.17) is 4.74 Å². The third-order valence-electron chi connectivity index (χ3n) is 1.54. The smallest absolute Gasteiger partial charge is 0.343 e. The van der Waals surface area contributed by atoms with Gasteiger partial charge in [0.1, 0.15) is 11.3 Å². The fourth-order valence-electron chi connectivity index (χ4n) is 0.872. The number of carbonyl (C=O) groups is 1. The van der Waals surface area contributed by atoms with Crippen LogP contribution >= 0.6 is 0 Å². The average Bonchev–Trinajstić information content (AvgIpc) is 2.04. The first-order chi connectivity index (χ1) is 6.04. The molecule has 4 nitrogen and oxygen atoms in total. The van der Waals surface area contributed by atoms with Gasteiger partial charge in [-0.1, -0.05) is 0 Å². The molecule has 1 N–H and O–H groups in total. The van der Waals surface area contributed by atoms with Crippen molar-refractivity contribution in [1.82, 2.24) is 0 Å². The molecule has 0 unspecified atom stereocenters. The maximum atomic E-state index is 11.3. The fraction of sp³-hybridized carbons (Fsp3) is 0.556. The molecule has 0 radical (unpaired) electrons. The van der Waals surface area contributed by atoms with Gasteiger partial charge in [-0.25, -0.2) is 4.79 Å². The van der Waals surface area contributed by atoms with Crippen molar-refractivity contribution in [2.75, 3.05) is 13.7 Å². The average molecular weight is 185 g/mol. The monoisotopic (exact) mass is 185 g/mol. The van der Waals surface area contributed by atoms with E-state index in [1.54, 1.807) is 20.9 Å². The summed E-state index contributed by atoms with van der Waals surface area (Å²) in [6.07, 6.45) is 0. The maximum Gasteiger partial charge on any atom is 0.343 e. The van der Waals surface area contributed by atoms with Crippen molar-refractivity contribution in [2.45, 2.75) is 20.8 Å². The Morgan fingerprint density at radius 2 is 2.00 bits per heavy atom. The Kier molecular flexibility index (Phi) is 4.80. The molecule has 0 aliphatic rings. The largest absolute Gasteiger partial charge is 0.512 e. The quantitative estimate of drug-likeness (QED) is 0.313. The number of rotatable bonds is 3. The van der Waals surface area contributed by atoms with Crippen LogP contribution in [0.4, 0.5) is 0 Å². The lowest BCUT2D eigenvalue weighted by atomic mass is 10.1. The molecule has 0 bridgehead atoms. The number of hydrogen-bond acceptors (Lipinski definition) is 4. The van der Waals surface area contributed by atoms with Gasteiger partial charge >= 0.3 is 5.97 Å². The summed E-state index contributed by atoms with van der Waals surface area (Å²) in [7, 11) is 1.55. The molecule has 0 aromatic carbocycles. The Bertz CT molecular complexity index is 250. The van der Waals surface area contributed by atoms with Gasteiger partial charge in [0.2, 0.25) is 0 Å². The number of carbonyl (C=O) groups excluding carboxylic acids is 1. The lowest BCUT2D eigenvalue weighted by Crippen LogP contribution is -2.15. The van der Waals surface area contributed by atoms with Crippen LogP contribution < -0.4 is 0 Å². The minimum atomic E-state index is -0.536. The van der Waals surface area contributed by atoms with Gasteiger partial charge in [0, 0.05) is 12.8 Å². The van der Waals surface area contributed by atoms with E-state index in [0.717, 1.165) is 0 Å². The molecule has 0 aliphatic carbocycles. The molecule has 74 valence electrons. The zero-order valence-corrected chi connectivity index (χ0v) is 8.42. The molecular weight excluding hydrogens is 170 g/mol. The zero-order valence-electron chi connectivity index (χ0n) is 8.42. The second-order valence-corrected chi connectivity index (χ2v) is 2.49. The van der Waals surface area contributed by atoms with Crippen LogP contribution in [0.3, 0.4) is 0 Å². The van der Waals surface area contributed by atoms with Crippen LogP contribution in [-0.2, 0) is 9.53 Å². The predicted octanol–water partition coefficient (Wildman–Crippen LogP) is 1.47. The number of nitrogens with zero attached hydrogens (tertiary/aromatic N) is 1. The van der Waals surface area contributed by atoms with Gasteiger partial charge in [0.25, 0.3) is 0 Å². The molecule has 13 heavy (non-hydrogen) atoms. The van der Waals surface area contributed by atoms with E-state index >= 15 is 0 Å².